The van der Waals surface area contributed by atoms with Crippen molar-refractivity contribution in [3.8, 4) is 61.8 Å². The molecular formula is C56H35N3S. The van der Waals surface area contributed by atoms with Crippen LogP contribution in [0.4, 0.5) is 0 Å². The van der Waals surface area contributed by atoms with Crippen molar-refractivity contribution >= 4 is 64.1 Å². The summed E-state index contributed by atoms with van der Waals surface area (Å²) in [7, 11) is 0. The first-order valence-corrected chi connectivity index (χ1v) is 21.1. The Morgan fingerprint density at radius 2 is 0.833 bits per heavy atom. The summed E-state index contributed by atoms with van der Waals surface area (Å²) in [6.07, 6.45) is 0. The minimum atomic E-state index is 0.701. The smallest absolute Gasteiger partial charge is 0.160 e. The van der Waals surface area contributed by atoms with E-state index >= 15 is 0 Å². The molecule has 9 aromatic carbocycles. The molecule has 0 atom stereocenters. The van der Waals surface area contributed by atoms with E-state index in [1.807, 2.05) is 23.5 Å². The highest BCUT2D eigenvalue weighted by atomic mass is 32.1. The van der Waals surface area contributed by atoms with Crippen molar-refractivity contribution < 1.29 is 0 Å². The lowest BCUT2D eigenvalue weighted by molar-refractivity contribution is 1.16. The standard InChI is InChI=1S/C56H35N3S/c1-3-13-36(14-4-1)50-35-51(37-15-5-2-6-16-37)58-56(57-50)38-25-29-41(30-26-38)59-52-23-9-7-17-46(52)48-33-39(27-31-53(48)59)42-19-11-22-45-43(20-12-21-44(42)45)40-28-32-55-49(34-40)47-18-8-10-24-54(47)60-55/h1-35H. The van der Waals surface area contributed by atoms with Crippen molar-refractivity contribution in [3.05, 3.63) is 212 Å². The number of rotatable bonds is 6. The fraction of sp³-hybridized carbons (Fsp3) is 0. The van der Waals surface area contributed by atoms with E-state index < -0.39 is 0 Å². The topological polar surface area (TPSA) is 30.7 Å². The molecular weight excluding hydrogens is 747 g/mol. The second-order valence-corrected chi connectivity index (χ2v) is 16.4. The van der Waals surface area contributed by atoms with Gasteiger partial charge in [-0.15, -0.1) is 11.3 Å². The summed E-state index contributed by atoms with van der Waals surface area (Å²) in [5, 5.41) is 7.59. The third kappa shape index (κ3) is 5.72. The molecule has 0 saturated carbocycles. The first-order valence-electron chi connectivity index (χ1n) is 20.3. The van der Waals surface area contributed by atoms with Crippen LogP contribution in [-0.2, 0) is 0 Å². The first kappa shape index (κ1) is 34.4. The molecule has 12 rings (SSSR count). The van der Waals surface area contributed by atoms with Gasteiger partial charge in [0.25, 0.3) is 0 Å². The molecule has 3 aromatic heterocycles. The normalized spacial score (nSPS) is 11.7. The van der Waals surface area contributed by atoms with E-state index in [9.17, 15) is 0 Å². The number of para-hydroxylation sites is 1. The summed E-state index contributed by atoms with van der Waals surface area (Å²) in [5.74, 6) is 0.701. The minimum absolute atomic E-state index is 0.701. The van der Waals surface area contributed by atoms with E-state index in [1.54, 1.807) is 0 Å². The van der Waals surface area contributed by atoms with Crippen molar-refractivity contribution in [1.82, 2.24) is 14.5 Å². The van der Waals surface area contributed by atoms with Crippen molar-refractivity contribution in [2.24, 2.45) is 0 Å². The van der Waals surface area contributed by atoms with E-state index in [0.29, 0.717) is 5.82 Å². The van der Waals surface area contributed by atoms with Crippen LogP contribution in [0.3, 0.4) is 0 Å². The molecule has 0 aliphatic rings. The molecule has 60 heavy (non-hydrogen) atoms. The van der Waals surface area contributed by atoms with Crippen LogP contribution in [0.25, 0.3) is 115 Å². The Kier molecular flexibility index (Phi) is 8.03. The van der Waals surface area contributed by atoms with Crippen LogP contribution in [0.5, 0.6) is 0 Å². The molecule has 0 bridgehead atoms. The van der Waals surface area contributed by atoms with Crippen molar-refractivity contribution in [3.63, 3.8) is 0 Å². The Balaban J connectivity index is 0.947. The zero-order valence-electron chi connectivity index (χ0n) is 32.5. The van der Waals surface area contributed by atoms with Gasteiger partial charge >= 0.3 is 0 Å². The molecule has 0 amide bonds. The lowest BCUT2D eigenvalue weighted by Crippen LogP contribution is -1.97. The highest BCUT2D eigenvalue weighted by Gasteiger charge is 2.17. The van der Waals surface area contributed by atoms with Crippen LogP contribution >= 0.6 is 11.3 Å². The van der Waals surface area contributed by atoms with Gasteiger partial charge in [-0.05, 0) is 99.8 Å². The molecule has 0 saturated heterocycles. The van der Waals surface area contributed by atoms with Gasteiger partial charge in [0.05, 0.1) is 22.4 Å². The zero-order chi connectivity index (χ0) is 39.6. The number of thiophene rings is 1. The Hall–Kier alpha value is -7.66. The Morgan fingerprint density at radius 3 is 1.52 bits per heavy atom. The van der Waals surface area contributed by atoms with Gasteiger partial charge in [0, 0.05) is 53.3 Å². The van der Waals surface area contributed by atoms with Gasteiger partial charge in [0.1, 0.15) is 0 Å². The summed E-state index contributed by atoms with van der Waals surface area (Å²) < 4.78 is 5.03. The summed E-state index contributed by atoms with van der Waals surface area (Å²) in [5.41, 5.74) is 13.2. The average molecular weight is 782 g/mol. The van der Waals surface area contributed by atoms with Crippen LogP contribution in [0.1, 0.15) is 0 Å². The molecule has 0 radical (unpaired) electrons. The van der Waals surface area contributed by atoms with E-state index in [0.717, 1.165) is 33.8 Å². The van der Waals surface area contributed by atoms with E-state index in [-0.39, 0.29) is 0 Å². The van der Waals surface area contributed by atoms with E-state index in [4.69, 9.17) is 9.97 Å². The van der Waals surface area contributed by atoms with Crippen LogP contribution in [0.2, 0.25) is 0 Å². The largest absolute Gasteiger partial charge is 0.309 e. The molecule has 0 fully saturated rings. The third-order valence-corrected chi connectivity index (χ3v) is 13.0. The van der Waals surface area contributed by atoms with Gasteiger partial charge in [-0.1, -0.05) is 146 Å². The third-order valence-electron chi connectivity index (χ3n) is 11.8. The van der Waals surface area contributed by atoms with E-state index in [2.05, 4.69) is 205 Å². The summed E-state index contributed by atoms with van der Waals surface area (Å²) in [6.45, 7) is 0. The molecule has 0 spiro atoms. The van der Waals surface area contributed by atoms with Gasteiger partial charge in [-0.2, -0.15) is 0 Å². The Morgan fingerprint density at radius 1 is 0.317 bits per heavy atom. The van der Waals surface area contributed by atoms with Crippen LogP contribution in [0, 0.1) is 0 Å². The van der Waals surface area contributed by atoms with Crippen molar-refractivity contribution in [1.29, 1.82) is 0 Å². The molecule has 3 nitrogen and oxygen atoms in total. The molecule has 3 heterocycles. The number of hydrogen-bond acceptors (Lipinski definition) is 3. The lowest BCUT2D eigenvalue weighted by Gasteiger charge is -2.13. The Bertz CT molecular complexity index is 3530. The highest BCUT2D eigenvalue weighted by molar-refractivity contribution is 7.25. The Labute approximate surface area is 351 Å². The molecule has 0 aliphatic carbocycles. The predicted molar refractivity (Wildman–Crippen MR) is 254 cm³/mol. The van der Waals surface area contributed by atoms with Gasteiger partial charge in [0.15, 0.2) is 5.82 Å². The maximum atomic E-state index is 5.08. The molecule has 0 N–H and O–H groups in total. The van der Waals surface area contributed by atoms with Crippen molar-refractivity contribution in [2.75, 3.05) is 0 Å². The van der Waals surface area contributed by atoms with Gasteiger partial charge in [-0.25, -0.2) is 9.97 Å². The fourth-order valence-electron chi connectivity index (χ4n) is 8.98. The SMILES string of the molecule is c1ccc(-c2cc(-c3ccccc3)nc(-c3ccc(-n4c5ccccc5c5cc(-c6cccc7c(-c8ccc9sc%10ccccc%10c9c8)cccc67)ccc54)cc3)n2)cc1. The first-order chi connectivity index (χ1) is 29.7. The fourth-order valence-corrected chi connectivity index (χ4v) is 10.1. The summed E-state index contributed by atoms with van der Waals surface area (Å²) in [6, 6.07) is 76.3. The highest BCUT2D eigenvalue weighted by Crippen LogP contribution is 2.41. The maximum Gasteiger partial charge on any atom is 0.160 e. The number of hydrogen-bond donors (Lipinski definition) is 0. The number of nitrogens with zero attached hydrogens (tertiary/aromatic N) is 3. The van der Waals surface area contributed by atoms with Crippen LogP contribution in [0.15, 0.2) is 212 Å². The van der Waals surface area contributed by atoms with Crippen LogP contribution < -0.4 is 0 Å². The monoisotopic (exact) mass is 781 g/mol. The van der Waals surface area contributed by atoms with Crippen molar-refractivity contribution in [2.45, 2.75) is 0 Å². The molecule has 0 aliphatic heterocycles. The summed E-state index contributed by atoms with van der Waals surface area (Å²) in [4.78, 5) is 10.2. The van der Waals surface area contributed by atoms with Gasteiger partial charge in [0.2, 0.25) is 0 Å². The lowest BCUT2D eigenvalue weighted by atomic mass is 9.92. The number of aromatic nitrogens is 3. The molecule has 4 heteroatoms. The van der Waals surface area contributed by atoms with Crippen LogP contribution in [-0.4, -0.2) is 14.5 Å². The molecule has 12 aromatic rings. The number of benzene rings is 9. The van der Waals surface area contributed by atoms with Gasteiger partial charge in [-0.3, -0.25) is 0 Å². The number of fused-ring (bicyclic) bond motifs is 7. The minimum Gasteiger partial charge on any atom is -0.309 e. The summed E-state index contributed by atoms with van der Waals surface area (Å²) >= 11 is 1.86. The quantitative estimate of drug-likeness (QED) is 0.168. The van der Waals surface area contributed by atoms with E-state index in [1.165, 1.54) is 75.0 Å². The van der Waals surface area contributed by atoms with Gasteiger partial charge < -0.3 is 4.57 Å². The average Bonchev–Trinajstić information content (AvgIpc) is 3.87. The second kappa shape index (κ2) is 14.0. The molecule has 0 unspecified atom stereocenters. The zero-order valence-corrected chi connectivity index (χ0v) is 33.3. The second-order valence-electron chi connectivity index (χ2n) is 15.3. The predicted octanol–water partition coefficient (Wildman–Crippen LogP) is 15.4. The molecule has 280 valence electrons. The maximum absolute atomic E-state index is 5.08.